The van der Waals surface area contributed by atoms with Crippen LogP contribution in [0.5, 0.6) is 0 Å². The number of halogens is 2. The molecule has 0 amide bonds. The minimum absolute atomic E-state index is 0.0332. The van der Waals surface area contributed by atoms with Crippen molar-refractivity contribution >= 4 is 20.3 Å². The molecule has 7 heteroatoms. The first-order valence-electron chi connectivity index (χ1n) is 2.73. The quantitative estimate of drug-likeness (QED) is 0.713. The van der Waals surface area contributed by atoms with Crippen LogP contribution in [0.3, 0.4) is 0 Å². The molecule has 0 aliphatic carbocycles. The minimum atomic E-state index is -2.83. The Labute approximate surface area is 76.3 Å². The Morgan fingerprint density at radius 2 is 1.36 bits per heavy atom. The van der Waals surface area contributed by atoms with E-state index in [-0.39, 0.29) is 26.4 Å². The first kappa shape index (κ1) is 11.9. The van der Waals surface area contributed by atoms with Crippen molar-refractivity contribution < 1.29 is 29.4 Å². The molecule has 73 valence electrons. The van der Waals surface area contributed by atoms with Crippen LogP contribution in [0.1, 0.15) is 0 Å². The second-order valence-electron chi connectivity index (χ2n) is 1.36. The van der Waals surface area contributed by atoms with Gasteiger partial charge in [0, 0.05) is 0 Å². The third-order valence-corrected chi connectivity index (χ3v) is 2.87. The van der Waals surface area contributed by atoms with Crippen LogP contribution < -0.4 is 0 Å². The number of aliphatic hydroxyl groups is 2. The van der Waals surface area contributed by atoms with E-state index in [4.69, 9.17) is 38.2 Å². The van der Waals surface area contributed by atoms with Crippen molar-refractivity contribution in [3.05, 3.63) is 0 Å². The summed E-state index contributed by atoms with van der Waals surface area (Å²) in [5.74, 6) is 0. The zero-order chi connectivity index (χ0) is 8.74. The second-order valence-corrected chi connectivity index (χ2v) is 6.19. The van der Waals surface area contributed by atoms with E-state index < -0.39 is 11.5 Å². The van der Waals surface area contributed by atoms with Gasteiger partial charge in [0.15, 0.2) is 0 Å². The van der Waals surface area contributed by atoms with E-state index >= 15 is 0 Å². The van der Waals surface area contributed by atoms with Gasteiger partial charge in [0.25, 0.3) is 0 Å². The van der Waals surface area contributed by atoms with Crippen LogP contribution in [-0.2, 0) is 19.2 Å². The molecule has 0 aromatic carbocycles. The van der Waals surface area contributed by atoms with Crippen LogP contribution in [-0.4, -0.2) is 36.6 Å². The van der Waals surface area contributed by atoms with E-state index in [9.17, 15) is 0 Å². The third-order valence-electron chi connectivity index (χ3n) is 0.543. The van der Waals surface area contributed by atoms with Crippen molar-refractivity contribution in [3.63, 3.8) is 0 Å². The molecule has 0 saturated heterocycles. The Hall–Kier alpha value is 0.926. The summed E-state index contributed by atoms with van der Waals surface area (Å²) in [5.41, 5.74) is 0. The zero-order valence-electron chi connectivity index (χ0n) is 5.63. The molecule has 0 bridgehead atoms. The normalized spacial score (nSPS) is 13.5. The van der Waals surface area contributed by atoms with Gasteiger partial charge in [-0.15, -0.1) is 0 Å². The molecule has 0 aromatic rings. The SMILES string of the molecule is OCC[O][Co]([Cl])([Cl])[O]CCO. The van der Waals surface area contributed by atoms with Crippen LogP contribution in [0.2, 0.25) is 0 Å². The summed E-state index contributed by atoms with van der Waals surface area (Å²) >= 11 is -2.83. The number of hydrogen-bond acceptors (Lipinski definition) is 4. The predicted molar refractivity (Wildman–Crippen MR) is 37.8 cm³/mol. The van der Waals surface area contributed by atoms with Gasteiger partial charge in [-0.1, -0.05) is 0 Å². The van der Waals surface area contributed by atoms with E-state index in [1.807, 2.05) is 0 Å². The van der Waals surface area contributed by atoms with Crippen LogP contribution in [0.25, 0.3) is 0 Å². The summed E-state index contributed by atoms with van der Waals surface area (Å²) in [6.45, 7) is -0.261. The van der Waals surface area contributed by atoms with E-state index in [1.165, 1.54) is 0 Å². The van der Waals surface area contributed by atoms with Crippen molar-refractivity contribution in [2.24, 2.45) is 0 Å². The van der Waals surface area contributed by atoms with Crippen molar-refractivity contribution in [3.8, 4) is 0 Å². The Bertz CT molecular complexity index is 92.1. The Morgan fingerprint density at radius 1 is 1.00 bits per heavy atom. The molecule has 0 fully saturated rings. The van der Waals surface area contributed by atoms with Crippen molar-refractivity contribution in [1.82, 2.24) is 0 Å². The zero-order valence-corrected chi connectivity index (χ0v) is 8.18. The topological polar surface area (TPSA) is 58.9 Å². The Balaban J connectivity index is 3.43. The Morgan fingerprint density at radius 3 is 1.64 bits per heavy atom. The standard InChI is InChI=1S/2C2H5O2.2ClH.Co/c2*3-1-2-4;;;/h2*3H,1-2H2;2*1H;/q2*-1;;;+4/p-2. The summed E-state index contributed by atoms with van der Waals surface area (Å²) in [6, 6.07) is 0. The second kappa shape index (κ2) is 6.44. The monoisotopic (exact) mass is 251 g/mol. The summed E-state index contributed by atoms with van der Waals surface area (Å²) in [6.07, 6.45) is 0. The van der Waals surface area contributed by atoms with E-state index in [2.05, 4.69) is 0 Å². The molecule has 4 nitrogen and oxygen atoms in total. The molecule has 11 heavy (non-hydrogen) atoms. The maximum absolute atomic E-state index is 8.33. The fourth-order valence-electron chi connectivity index (χ4n) is 0.247. The van der Waals surface area contributed by atoms with E-state index in [0.717, 1.165) is 0 Å². The van der Waals surface area contributed by atoms with Crippen molar-refractivity contribution in [2.75, 3.05) is 26.4 Å². The fraction of sp³-hybridized carbons (Fsp3) is 1.00. The molecule has 0 spiro atoms. The van der Waals surface area contributed by atoms with Crippen LogP contribution in [0.4, 0.5) is 0 Å². The summed E-state index contributed by atoms with van der Waals surface area (Å²) in [5, 5.41) is 16.7. The molecule has 2 N–H and O–H groups in total. The molecule has 0 aliphatic heterocycles. The maximum atomic E-state index is 8.33. The average molecular weight is 252 g/mol. The van der Waals surface area contributed by atoms with Gasteiger partial charge in [0.2, 0.25) is 0 Å². The van der Waals surface area contributed by atoms with Gasteiger partial charge in [-0.05, 0) is 0 Å². The first-order valence-corrected chi connectivity index (χ1v) is 6.45. The fourth-order valence-corrected chi connectivity index (χ4v) is 1.87. The molecule has 0 radical (unpaired) electrons. The van der Waals surface area contributed by atoms with Crippen molar-refractivity contribution in [2.45, 2.75) is 0 Å². The predicted octanol–water partition coefficient (Wildman–Crippen LogP) is 0.296. The van der Waals surface area contributed by atoms with Gasteiger partial charge in [0.1, 0.15) is 0 Å². The van der Waals surface area contributed by atoms with E-state index in [1.54, 1.807) is 0 Å². The molecule has 0 rings (SSSR count). The molecule has 0 aliphatic rings. The van der Waals surface area contributed by atoms with Gasteiger partial charge in [-0.2, -0.15) is 0 Å². The molecule has 0 aromatic heterocycles. The number of rotatable bonds is 6. The van der Waals surface area contributed by atoms with Gasteiger partial charge in [0.05, 0.1) is 0 Å². The van der Waals surface area contributed by atoms with Gasteiger partial charge < -0.3 is 0 Å². The molecule has 0 heterocycles. The van der Waals surface area contributed by atoms with Gasteiger partial charge in [-0.3, -0.25) is 0 Å². The summed E-state index contributed by atoms with van der Waals surface area (Å²) < 4.78 is 9.48. The Kier molecular flexibility index (Phi) is 6.99. The molecular weight excluding hydrogens is 242 g/mol. The van der Waals surface area contributed by atoms with Crippen LogP contribution in [0.15, 0.2) is 0 Å². The van der Waals surface area contributed by atoms with Crippen LogP contribution in [0, 0.1) is 0 Å². The van der Waals surface area contributed by atoms with Gasteiger partial charge in [-0.25, -0.2) is 0 Å². The van der Waals surface area contributed by atoms with Crippen LogP contribution >= 0.6 is 20.3 Å². The van der Waals surface area contributed by atoms with E-state index in [0.29, 0.717) is 0 Å². The summed E-state index contributed by atoms with van der Waals surface area (Å²) in [7, 11) is 11.0. The van der Waals surface area contributed by atoms with Gasteiger partial charge >= 0.3 is 76.1 Å². The number of hydrogen-bond donors (Lipinski definition) is 2. The average Bonchev–Trinajstić information content (AvgIpc) is 1.97. The molecule has 0 saturated carbocycles. The van der Waals surface area contributed by atoms with Crippen molar-refractivity contribution in [1.29, 1.82) is 0 Å². The first-order chi connectivity index (χ1) is 5.12. The molecule has 0 atom stereocenters. The summed E-state index contributed by atoms with van der Waals surface area (Å²) in [4.78, 5) is 0. The molecular formula is C4H10Cl2CoO4. The molecule has 0 unspecified atom stereocenters. The number of aliphatic hydroxyl groups excluding tert-OH is 2. The third kappa shape index (κ3) is 7.29.